The largest absolute Gasteiger partial charge is 0.503 e. The fourth-order valence-electron chi connectivity index (χ4n) is 2.60. The summed E-state index contributed by atoms with van der Waals surface area (Å²) in [5, 5.41) is 14.1. The molecule has 0 spiro atoms. The second-order valence-electron chi connectivity index (χ2n) is 5.78. The highest BCUT2D eigenvalue weighted by molar-refractivity contribution is 9.10. The van der Waals surface area contributed by atoms with Gasteiger partial charge in [-0.25, -0.2) is 9.07 Å². The first-order valence-corrected chi connectivity index (χ1v) is 8.79. The molecule has 27 heavy (non-hydrogen) atoms. The lowest BCUT2D eigenvalue weighted by Gasteiger charge is -2.06. The highest BCUT2D eigenvalue weighted by Gasteiger charge is 2.13. The minimum absolute atomic E-state index is 0.00241. The Morgan fingerprint density at radius 1 is 1.30 bits per heavy atom. The molecule has 0 bridgehead atoms. The summed E-state index contributed by atoms with van der Waals surface area (Å²) < 4.78 is 20.2. The van der Waals surface area contributed by atoms with Crippen LogP contribution >= 0.6 is 15.9 Å². The van der Waals surface area contributed by atoms with Crippen molar-refractivity contribution in [1.29, 1.82) is 0 Å². The third-order valence-electron chi connectivity index (χ3n) is 4.04. The van der Waals surface area contributed by atoms with Crippen molar-refractivity contribution in [2.24, 2.45) is 0 Å². The molecular formula is C20H16BrFN2O3. The lowest BCUT2D eigenvalue weighted by Crippen LogP contribution is -2.01. The van der Waals surface area contributed by atoms with E-state index in [9.17, 15) is 14.3 Å². The van der Waals surface area contributed by atoms with Crippen LogP contribution in [0, 0.1) is 12.7 Å². The maximum Gasteiger partial charge on any atom is 0.189 e. The first-order valence-electron chi connectivity index (χ1n) is 8.00. The standard InChI is InChI=1S/C20H16BrFN2O3/c1-12-16(11-23-24(12)15-6-4-14(22)5-7-15)18(25)8-3-13-9-17(21)20(26)19(10-13)27-2/h3-11,26H,1-2H3/b8-3+. The van der Waals surface area contributed by atoms with Gasteiger partial charge in [0.2, 0.25) is 0 Å². The van der Waals surface area contributed by atoms with Crippen molar-refractivity contribution in [2.45, 2.75) is 6.92 Å². The second kappa shape index (κ2) is 7.75. The average molecular weight is 431 g/mol. The van der Waals surface area contributed by atoms with Crippen LogP contribution in [0.4, 0.5) is 4.39 Å². The van der Waals surface area contributed by atoms with E-state index in [4.69, 9.17) is 4.74 Å². The number of carbonyl (C=O) groups excluding carboxylic acids is 1. The van der Waals surface area contributed by atoms with Crippen LogP contribution < -0.4 is 4.74 Å². The van der Waals surface area contributed by atoms with Gasteiger partial charge in [-0.05, 0) is 70.9 Å². The summed E-state index contributed by atoms with van der Waals surface area (Å²) in [6.45, 7) is 1.78. The van der Waals surface area contributed by atoms with Crippen LogP contribution in [0.25, 0.3) is 11.8 Å². The van der Waals surface area contributed by atoms with E-state index in [0.717, 1.165) is 0 Å². The lowest BCUT2D eigenvalue weighted by atomic mass is 10.1. The Kier molecular flexibility index (Phi) is 5.41. The highest BCUT2D eigenvalue weighted by atomic mass is 79.9. The SMILES string of the molecule is COc1cc(/C=C/C(=O)c2cnn(-c3ccc(F)cc3)c2C)cc(Br)c1O. The molecule has 3 aromatic rings. The molecule has 1 heterocycles. The molecule has 3 rings (SSSR count). The zero-order valence-corrected chi connectivity index (χ0v) is 16.2. The van der Waals surface area contributed by atoms with Crippen LogP contribution in [0.5, 0.6) is 11.5 Å². The zero-order valence-electron chi connectivity index (χ0n) is 14.6. The molecule has 138 valence electrons. The van der Waals surface area contributed by atoms with E-state index in [1.54, 1.807) is 41.9 Å². The second-order valence-corrected chi connectivity index (χ2v) is 6.64. The van der Waals surface area contributed by atoms with Gasteiger partial charge < -0.3 is 9.84 Å². The van der Waals surface area contributed by atoms with Gasteiger partial charge >= 0.3 is 0 Å². The molecule has 1 aromatic heterocycles. The predicted molar refractivity (Wildman–Crippen MR) is 104 cm³/mol. The molecule has 0 aliphatic rings. The Balaban J connectivity index is 1.86. The van der Waals surface area contributed by atoms with Gasteiger partial charge in [0.05, 0.1) is 34.7 Å². The molecule has 0 amide bonds. The maximum absolute atomic E-state index is 13.1. The fraction of sp³-hybridized carbons (Fsp3) is 0.100. The van der Waals surface area contributed by atoms with Crippen LogP contribution in [-0.4, -0.2) is 27.8 Å². The number of aromatic nitrogens is 2. The average Bonchev–Trinajstić information content (AvgIpc) is 3.04. The van der Waals surface area contributed by atoms with Crippen molar-refractivity contribution < 1.29 is 19.0 Å². The molecule has 2 aromatic carbocycles. The first kappa shape index (κ1) is 18.8. The third kappa shape index (κ3) is 3.93. The van der Waals surface area contributed by atoms with Gasteiger partial charge in [-0.15, -0.1) is 0 Å². The number of hydrogen-bond acceptors (Lipinski definition) is 4. The number of rotatable bonds is 5. The van der Waals surface area contributed by atoms with Crippen molar-refractivity contribution in [2.75, 3.05) is 7.11 Å². The van der Waals surface area contributed by atoms with Crippen LogP contribution in [0.1, 0.15) is 21.6 Å². The summed E-state index contributed by atoms with van der Waals surface area (Å²) in [7, 11) is 1.45. The smallest absolute Gasteiger partial charge is 0.189 e. The Morgan fingerprint density at radius 3 is 2.67 bits per heavy atom. The highest BCUT2D eigenvalue weighted by Crippen LogP contribution is 2.35. The minimum Gasteiger partial charge on any atom is -0.503 e. The number of nitrogens with zero attached hydrogens (tertiary/aromatic N) is 2. The van der Waals surface area contributed by atoms with E-state index >= 15 is 0 Å². The molecule has 7 heteroatoms. The number of halogens is 2. The van der Waals surface area contributed by atoms with Crippen molar-refractivity contribution in [1.82, 2.24) is 9.78 Å². The molecule has 0 aliphatic heterocycles. The summed E-state index contributed by atoms with van der Waals surface area (Å²) >= 11 is 3.25. The van der Waals surface area contributed by atoms with Crippen LogP contribution in [0.15, 0.2) is 53.1 Å². The first-order chi connectivity index (χ1) is 12.9. The predicted octanol–water partition coefficient (Wildman–Crippen LogP) is 4.69. The van der Waals surface area contributed by atoms with Gasteiger partial charge in [-0.1, -0.05) is 6.08 Å². The zero-order chi connectivity index (χ0) is 19.6. The van der Waals surface area contributed by atoms with Crippen molar-refractivity contribution >= 4 is 27.8 Å². The van der Waals surface area contributed by atoms with E-state index in [2.05, 4.69) is 21.0 Å². The molecule has 0 radical (unpaired) electrons. The molecule has 0 unspecified atom stereocenters. The number of ether oxygens (including phenoxy) is 1. The molecule has 1 N–H and O–H groups in total. The number of phenolic OH excluding ortho intramolecular Hbond substituents is 1. The molecule has 0 atom stereocenters. The van der Waals surface area contributed by atoms with Crippen LogP contribution in [0.2, 0.25) is 0 Å². The molecule has 0 aliphatic carbocycles. The Hall–Kier alpha value is -2.93. The van der Waals surface area contributed by atoms with Gasteiger partial charge in [0.15, 0.2) is 17.3 Å². The molecule has 5 nitrogen and oxygen atoms in total. The number of allylic oxidation sites excluding steroid dienone is 1. The Labute approximate surface area is 163 Å². The van der Waals surface area contributed by atoms with Crippen molar-refractivity contribution in [3.63, 3.8) is 0 Å². The Morgan fingerprint density at radius 2 is 2.00 bits per heavy atom. The Bertz CT molecular complexity index is 1030. The fourth-order valence-corrected chi connectivity index (χ4v) is 3.06. The number of carbonyl (C=O) groups is 1. The summed E-state index contributed by atoms with van der Waals surface area (Å²) in [6, 6.07) is 9.18. The summed E-state index contributed by atoms with van der Waals surface area (Å²) in [6.07, 6.45) is 4.54. The number of ketones is 1. The van der Waals surface area contributed by atoms with Crippen molar-refractivity contribution in [3.05, 3.63) is 75.8 Å². The van der Waals surface area contributed by atoms with Gasteiger partial charge in [0.25, 0.3) is 0 Å². The minimum atomic E-state index is -0.335. The molecular weight excluding hydrogens is 415 g/mol. The third-order valence-corrected chi connectivity index (χ3v) is 4.65. The number of hydrogen-bond donors (Lipinski definition) is 1. The van der Waals surface area contributed by atoms with E-state index in [0.29, 0.717) is 32.7 Å². The number of aromatic hydroxyl groups is 1. The quantitative estimate of drug-likeness (QED) is 0.470. The van der Waals surface area contributed by atoms with E-state index < -0.39 is 0 Å². The normalized spacial score (nSPS) is 11.1. The van der Waals surface area contributed by atoms with E-state index in [1.165, 1.54) is 31.5 Å². The van der Waals surface area contributed by atoms with Gasteiger partial charge in [0, 0.05) is 0 Å². The van der Waals surface area contributed by atoms with Gasteiger partial charge in [-0.2, -0.15) is 5.10 Å². The summed E-state index contributed by atoms with van der Waals surface area (Å²) in [4.78, 5) is 12.6. The summed E-state index contributed by atoms with van der Waals surface area (Å²) in [5.74, 6) is -0.253. The van der Waals surface area contributed by atoms with E-state index in [1.807, 2.05) is 0 Å². The van der Waals surface area contributed by atoms with Gasteiger partial charge in [0.1, 0.15) is 5.82 Å². The number of benzene rings is 2. The van der Waals surface area contributed by atoms with Crippen molar-refractivity contribution in [3.8, 4) is 17.2 Å². The molecule has 0 saturated heterocycles. The van der Waals surface area contributed by atoms with Gasteiger partial charge in [-0.3, -0.25) is 4.79 Å². The van der Waals surface area contributed by atoms with Crippen LogP contribution in [0.3, 0.4) is 0 Å². The number of phenols is 1. The number of methoxy groups -OCH3 is 1. The topological polar surface area (TPSA) is 64.3 Å². The van der Waals surface area contributed by atoms with Crippen LogP contribution in [-0.2, 0) is 0 Å². The monoisotopic (exact) mass is 430 g/mol. The lowest BCUT2D eigenvalue weighted by molar-refractivity contribution is 0.104. The van der Waals surface area contributed by atoms with E-state index in [-0.39, 0.29) is 17.3 Å². The summed E-state index contributed by atoms with van der Waals surface area (Å²) in [5.41, 5.74) is 2.46. The maximum atomic E-state index is 13.1. The molecule has 0 saturated carbocycles. The molecule has 0 fully saturated rings.